The molecule has 1 heterocycles. The van der Waals surface area contributed by atoms with Crippen molar-refractivity contribution in [1.29, 1.82) is 0 Å². The van der Waals surface area contributed by atoms with Crippen molar-refractivity contribution >= 4 is 5.91 Å². The van der Waals surface area contributed by atoms with E-state index in [2.05, 4.69) is 5.32 Å². The highest BCUT2D eigenvalue weighted by molar-refractivity contribution is 5.81. The van der Waals surface area contributed by atoms with Crippen LogP contribution < -0.4 is 10.1 Å². The van der Waals surface area contributed by atoms with Crippen LogP contribution in [-0.4, -0.2) is 43.6 Å². The van der Waals surface area contributed by atoms with Crippen molar-refractivity contribution in [3.8, 4) is 5.75 Å². The van der Waals surface area contributed by atoms with Gasteiger partial charge in [0.05, 0.1) is 12.6 Å². The summed E-state index contributed by atoms with van der Waals surface area (Å²) in [4.78, 5) is 13.6. The molecule has 1 amide bonds. The Kier molecular flexibility index (Phi) is 4.74. The zero-order valence-electron chi connectivity index (χ0n) is 11.1. The lowest BCUT2D eigenvalue weighted by atomic mass is 10.2. The molecule has 2 rings (SSSR count). The summed E-state index contributed by atoms with van der Waals surface area (Å²) in [7, 11) is 1.76. The van der Waals surface area contributed by atoms with E-state index in [0.717, 1.165) is 19.4 Å². The number of carbonyl (C=O) groups excluding carboxylic acids is 1. The lowest BCUT2D eigenvalue weighted by Crippen LogP contribution is -2.43. The van der Waals surface area contributed by atoms with Crippen molar-refractivity contribution in [2.75, 3.05) is 26.7 Å². The molecule has 0 bridgehead atoms. The standard InChI is InChI=1S/C14H19FN2O2/c1-17(14(18)13-6-3-7-16-13)8-9-19-12-5-2-4-11(15)10-12/h2,4-5,10,13,16H,3,6-9H2,1H3/t13-/m0/s1. The Morgan fingerprint density at radius 3 is 3.11 bits per heavy atom. The number of carbonyl (C=O) groups is 1. The molecule has 1 aromatic carbocycles. The average molecular weight is 266 g/mol. The van der Waals surface area contributed by atoms with Gasteiger partial charge in [-0.3, -0.25) is 4.79 Å². The fraction of sp³-hybridized carbons (Fsp3) is 0.500. The van der Waals surface area contributed by atoms with Gasteiger partial charge in [-0.15, -0.1) is 0 Å². The van der Waals surface area contributed by atoms with Gasteiger partial charge in [-0.05, 0) is 31.5 Å². The van der Waals surface area contributed by atoms with E-state index in [1.165, 1.54) is 12.1 Å². The summed E-state index contributed by atoms with van der Waals surface area (Å²) in [5.41, 5.74) is 0. The van der Waals surface area contributed by atoms with Gasteiger partial charge in [0.1, 0.15) is 18.2 Å². The second kappa shape index (κ2) is 6.52. The zero-order valence-corrected chi connectivity index (χ0v) is 11.1. The van der Waals surface area contributed by atoms with Crippen LogP contribution >= 0.6 is 0 Å². The molecule has 0 spiro atoms. The molecule has 104 valence electrons. The Hall–Kier alpha value is -1.62. The SMILES string of the molecule is CN(CCOc1cccc(F)c1)C(=O)[C@@H]1CCCN1. The van der Waals surface area contributed by atoms with Gasteiger partial charge in [-0.1, -0.05) is 6.07 Å². The van der Waals surface area contributed by atoms with Crippen LogP contribution in [0.3, 0.4) is 0 Å². The van der Waals surface area contributed by atoms with Crippen LogP contribution in [0.15, 0.2) is 24.3 Å². The number of rotatable bonds is 5. The first kappa shape index (κ1) is 13.8. The highest BCUT2D eigenvalue weighted by Gasteiger charge is 2.24. The molecule has 19 heavy (non-hydrogen) atoms. The minimum Gasteiger partial charge on any atom is -0.492 e. The van der Waals surface area contributed by atoms with Crippen LogP contribution in [0.4, 0.5) is 4.39 Å². The maximum absolute atomic E-state index is 12.9. The molecule has 1 saturated heterocycles. The van der Waals surface area contributed by atoms with Crippen LogP contribution in [0.2, 0.25) is 0 Å². The van der Waals surface area contributed by atoms with E-state index < -0.39 is 0 Å². The van der Waals surface area contributed by atoms with E-state index in [-0.39, 0.29) is 17.8 Å². The molecule has 1 fully saturated rings. The minimum atomic E-state index is -0.322. The van der Waals surface area contributed by atoms with Gasteiger partial charge in [-0.25, -0.2) is 4.39 Å². The third-order valence-corrected chi connectivity index (χ3v) is 3.23. The van der Waals surface area contributed by atoms with E-state index in [0.29, 0.717) is 18.9 Å². The van der Waals surface area contributed by atoms with E-state index in [4.69, 9.17) is 4.74 Å². The van der Waals surface area contributed by atoms with Crippen molar-refractivity contribution in [2.45, 2.75) is 18.9 Å². The monoisotopic (exact) mass is 266 g/mol. The summed E-state index contributed by atoms with van der Waals surface area (Å²) in [6, 6.07) is 5.94. The zero-order chi connectivity index (χ0) is 13.7. The molecule has 1 atom stereocenters. The third-order valence-electron chi connectivity index (χ3n) is 3.23. The highest BCUT2D eigenvalue weighted by Crippen LogP contribution is 2.12. The number of likely N-dealkylation sites (N-methyl/N-ethyl adjacent to an activating group) is 1. The predicted molar refractivity (Wildman–Crippen MR) is 70.6 cm³/mol. The Labute approximate surface area is 112 Å². The molecule has 0 aliphatic carbocycles. The summed E-state index contributed by atoms with van der Waals surface area (Å²) in [6.07, 6.45) is 1.94. The number of benzene rings is 1. The first-order valence-corrected chi connectivity index (χ1v) is 6.53. The molecule has 0 saturated carbocycles. The lowest BCUT2D eigenvalue weighted by molar-refractivity contribution is -0.132. The number of nitrogens with zero attached hydrogens (tertiary/aromatic N) is 1. The third kappa shape index (κ3) is 3.92. The van der Waals surface area contributed by atoms with Gasteiger partial charge in [0.2, 0.25) is 5.91 Å². The summed E-state index contributed by atoms with van der Waals surface area (Å²) in [6.45, 7) is 1.76. The highest BCUT2D eigenvalue weighted by atomic mass is 19.1. The van der Waals surface area contributed by atoms with Gasteiger partial charge in [0.25, 0.3) is 0 Å². The summed E-state index contributed by atoms with van der Waals surface area (Å²) in [5, 5.41) is 3.17. The van der Waals surface area contributed by atoms with Gasteiger partial charge in [0, 0.05) is 13.1 Å². The molecule has 1 aliphatic rings. The van der Waals surface area contributed by atoms with E-state index >= 15 is 0 Å². The van der Waals surface area contributed by atoms with Crippen LogP contribution in [0, 0.1) is 5.82 Å². The Bertz CT molecular complexity index is 433. The van der Waals surface area contributed by atoms with Crippen LogP contribution in [-0.2, 0) is 4.79 Å². The molecule has 5 heteroatoms. The average Bonchev–Trinajstić information content (AvgIpc) is 2.91. The second-order valence-electron chi connectivity index (χ2n) is 4.71. The number of hydrogen-bond donors (Lipinski definition) is 1. The summed E-state index contributed by atoms with van der Waals surface area (Å²) in [5.74, 6) is 0.261. The maximum Gasteiger partial charge on any atom is 0.239 e. The Morgan fingerprint density at radius 1 is 1.58 bits per heavy atom. The molecule has 1 aliphatic heterocycles. The lowest BCUT2D eigenvalue weighted by Gasteiger charge is -2.21. The minimum absolute atomic E-state index is 0.0563. The van der Waals surface area contributed by atoms with Crippen molar-refractivity contribution in [3.63, 3.8) is 0 Å². The van der Waals surface area contributed by atoms with Crippen LogP contribution in [0.25, 0.3) is 0 Å². The van der Waals surface area contributed by atoms with Crippen molar-refractivity contribution in [1.82, 2.24) is 10.2 Å². The fourth-order valence-electron chi connectivity index (χ4n) is 2.13. The summed E-state index contributed by atoms with van der Waals surface area (Å²) < 4.78 is 18.3. The Morgan fingerprint density at radius 2 is 2.42 bits per heavy atom. The molecule has 0 radical (unpaired) electrons. The van der Waals surface area contributed by atoms with E-state index in [1.807, 2.05) is 0 Å². The smallest absolute Gasteiger partial charge is 0.239 e. The van der Waals surface area contributed by atoms with Gasteiger partial charge < -0.3 is 15.0 Å². The molecular weight excluding hydrogens is 247 g/mol. The largest absolute Gasteiger partial charge is 0.492 e. The normalized spacial score (nSPS) is 18.3. The number of halogens is 1. The molecule has 1 aromatic rings. The van der Waals surface area contributed by atoms with Gasteiger partial charge in [0.15, 0.2) is 0 Å². The van der Waals surface area contributed by atoms with Crippen LogP contribution in [0.5, 0.6) is 5.75 Å². The van der Waals surface area contributed by atoms with Gasteiger partial charge in [-0.2, -0.15) is 0 Å². The van der Waals surface area contributed by atoms with Crippen LogP contribution in [0.1, 0.15) is 12.8 Å². The second-order valence-corrected chi connectivity index (χ2v) is 4.71. The van der Waals surface area contributed by atoms with E-state index in [9.17, 15) is 9.18 Å². The number of hydrogen-bond acceptors (Lipinski definition) is 3. The first-order chi connectivity index (χ1) is 9.16. The van der Waals surface area contributed by atoms with Crippen molar-refractivity contribution < 1.29 is 13.9 Å². The number of nitrogens with one attached hydrogen (secondary N) is 1. The molecule has 0 aromatic heterocycles. The molecule has 1 N–H and O–H groups in total. The Balaban J connectivity index is 1.74. The molecule has 4 nitrogen and oxygen atoms in total. The van der Waals surface area contributed by atoms with Gasteiger partial charge >= 0.3 is 0 Å². The topological polar surface area (TPSA) is 41.6 Å². The van der Waals surface area contributed by atoms with Crippen molar-refractivity contribution in [2.24, 2.45) is 0 Å². The molecule has 0 unspecified atom stereocenters. The quantitative estimate of drug-likeness (QED) is 0.876. The number of amides is 1. The molecular formula is C14H19FN2O2. The maximum atomic E-state index is 12.9. The predicted octanol–water partition coefficient (Wildman–Crippen LogP) is 1.41. The first-order valence-electron chi connectivity index (χ1n) is 6.53. The fourth-order valence-corrected chi connectivity index (χ4v) is 2.13. The van der Waals surface area contributed by atoms with E-state index in [1.54, 1.807) is 24.1 Å². The summed E-state index contributed by atoms with van der Waals surface area (Å²) >= 11 is 0. The number of ether oxygens (including phenoxy) is 1. The van der Waals surface area contributed by atoms with Crippen molar-refractivity contribution in [3.05, 3.63) is 30.1 Å².